The molecule has 0 radical (unpaired) electrons. The summed E-state index contributed by atoms with van der Waals surface area (Å²) in [5.74, 6) is 1.52. The third kappa shape index (κ3) is 5.70. The molecular weight excluding hydrogens is 240 g/mol. The summed E-state index contributed by atoms with van der Waals surface area (Å²) in [6, 6.07) is 0. The van der Waals surface area contributed by atoms with Crippen molar-refractivity contribution < 1.29 is 4.52 Å². The van der Waals surface area contributed by atoms with E-state index in [9.17, 15) is 0 Å². The van der Waals surface area contributed by atoms with Crippen molar-refractivity contribution in [1.29, 1.82) is 0 Å². The van der Waals surface area contributed by atoms with E-state index in [0.717, 1.165) is 50.6 Å². The largest absolute Gasteiger partial charge is 0.339 e. The minimum atomic E-state index is 0.116. The van der Waals surface area contributed by atoms with E-state index in [4.69, 9.17) is 10.3 Å². The Hall–Kier alpha value is -0.940. The van der Waals surface area contributed by atoms with E-state index in [1.165, 1.54) is 0 Å². The van der Waals surface area contributed by atoms with Gasteiger partial charge in [-0.15, -0.1) is 0 Å². The van der Waals surface area contributed by atoms with Crippen LogP contribution in [0, 0.1) is 5.41 Å². The molecule has 2 N–H and O–H groups in total. The summed E-state index contributed by atoms with van der Waals surface area (Å²) in [7, 11) is 0. The predicted octanol–water partition coefficient (Wildman–Crippen LogP) is 2.22. The summed E-state index contributed by atoms with van der Waals surface area (Å²) in [6.07, 6.45) is 3.00. The van der Waals surface area contributed by atoms with E-state index in [0.29, 0.717) is 6.54 Å². The van der Waals surface area contributed by atoms with Crippen molar-refractivity contribution in [3.05, 3.63) is 11.7 Å². The van der Waals surface area contributed by atoms with Gasteiger partial charge in [-0.3, -0.25) is 4.90 Å². The smallest absolute Gasteiger partial charge is 0.226 e. The highest BCUT2D eigenvalue weighted by atomic mass is 16.5. The fourth-order valence-corrected chi connectivity index (χ4v) is 2.07. The Labute approximate surface area is 116 Å². The number of hydrogen-bond acceptors (Lipinski definition) is 5. The SMILES string of the molecule is CCCc1nc(CN(CCC)CC(C)(C)CN)no1. The van der Waals surface area contributed by atoms with Gasteiger partial charge in [-0.2, -0.15) is 4.98 Å². The molecule has 0 bridgehead atoms. The second-order valence-corrected chi connectivity index (χ2v) is 5.93. The highest BCUT2D eigenvalue weighted by Gasteiger charge is 2.21. The summed E-state index contributed by atoms with van der Waals surface area (Å²) >= 11 is 0. The molecule has 1 heterocycles. The average molecular weight is 268 g/mol. The summed E-state index contributed by atoms with van der Waals surface area (Å²) in [6.45, 7) is 12.1. The van der Waals surface area contributed by atoms with Gasteiger partial charge >= 0.3 is 0 Å². The minimum absolute atomic E-state index is 0.116. The molecule has 110 valence electrons. The van der Waals surface area contributed by atoms with E-state index in [-0.39, 0.29) is 5.41 Å². The van der Waals surface area contributed by atoms with Crippen LogP contribution in [-0.2, 0) is 13.0 Å². The first-order valence-corrected chi connectivity index (χ1v) is 7.24. The fourth-order valence-electron chi connectivity index (χ4n) is 2.07. The van der Waals surface area contributed by atoms with E-state index in [1.807, 2.05) is 0 Å². The van der Waals surface area contributed by atoms with Crippen molar-refractivity contribution in [3.63, 3.8) is 0 Å². The lowest BCUT2D eigenvalue weighted by Crippen LogP contribution is -2.39. The molecule has 1 aromatic heterocycles. The second kappa shape index (κ2) is 7.60. The predicted molar refractivity (Wildman–Crippen MR) is 76.7 cm³/mol. The maximum absolute atomic E-state index is 5.81. The number of rotatable bonds is 9. The van der Waals surface area contributed by atoms with Gasteiger partial charge in [-0.1, -0.05) is 32.9 Å². The van der Waals surface area contributed by atoms with Crippen molar-refractivity contribution in [2.75, 3.05) is 19.6 Å². The summed E-state index contributed by atoms with van der Waals surface area (Å²) in [5, 5.41) is 4.05. The lowest BCUT2D eigenvalue weighted by atomic mass is 9.93. The van der Waals surface area contributed by atoms with Crippen LogP contribution in [0.5, 0.6) is 0 Å². The average Bonchev–Trinajstić information content (AvgIpc) is 2.77. The van der Waals surface area contributed by atoms with Crippen LogP contribution < -0.4 is 5.73 Å². The molecule has 5 nitrogen and oxygen atoms in total. The standard InChI is InChI=1S/C14H28N4O/c1-5-7-13-16-12(17-19-13)9-18(8-6-2)11-14(3,4)10-15/h5-11,15H2,1-4H3. The number of aromatic nitrogens is 2. The van der Waals surface area contributed by atoms with E-state index < -0.39 is 0 Å². The van der Waals surface area contributed by atoms with Crippen LogP contribution in [-0.4, -0.2) is 34.7 Å². The molecule has 0 aliphatic rings. The van der Waals surface area contributed by atoms with Gasteiger partial charge in [0.1, 0.15) is 0 Å². The van der Waals surface area contributed by atoms with Crippen LogP contribution in [0.2, 0.25) is 0 Å². The quantitative estimate of drug-likeness (QED) is 0.743. The first-order chi connectivity index (χ1) is 9.00. The normalized spacial score (nSPS) is 12.3. The summed E-state index contributed by atoms with van der Waals surface area (Å²) in [4.78, 5) is 6.78. The molecule has 5 heteroatoms. The lowest BCUT2D eigenvalue weighted by molar-refractivity contribution is 0.171. The molecule has 0 aliphatic carbocycles. The van der Waals surface area contributed by atoms with Crippen LogP contribution in [0.25, 0.3) is 0 Å². The highest BCUT2D eigenvalue weighted by Crippen LogP contribution is 2.16. The Balaban J connectivity index is 2.61. The Bertz CT molecular complexity index is 362. The van der Waals surface area contributed by atoms with Crippen molar-refractivity contribution in [1.82, 2.24) is 15.0 Å². The molecule has 0 saturated heterocycles. The monoisotopic (exact) mass is 268 g/mol. The molecule has 0 amide bonds. The summed E-state index contributed by atoms with van der Waals surface area (Å²) < 4.78 is 5.23. The van der Waals surface area contributed by atoms with E-state index >= 15 is 0 Å². The lowest BCUT2D eigenvalue weighted by Gasteiger charge is -2.30. The van der Waals surface area contributed by atoms with Crippen LogP contribution in [0.3, 0.4) is 0 Å². The summed E-state index contributed by atoms with van der Waals surface area (Å²) in [5.41, 5.74) is 5.93. The van der Waals surface area contributed by atoms with Crippen molar-refractivity contribution >= 4 is 0 Å². The topological polar surface area (TPSA) is 68.2 Å². The molecule has 0 atom stereocenters. The van der Waals surface area contributed by atoms with E-state index in [1.54, 1.807) is 0 Å². The first kappa shape index (κ1) is 16.1. The zero-order chi connectivity index (χ0) is 14.3. The van der Waals surface area contributed by atoms with Gasteiger partial charge in [0.25, 0.3) is 0 Å². The van der Waals surface area contributed by atoms with Crippen LogP contribution in [0.1, 0.15) is 52.3 Å². The highest BCUT2D eigenvalue weighted by molar-refractivity contribution is 4.87. The van der Waals surface area contributed by atoms with Crippen LogP contribution in [0.4, 0.5) is 0 Å². The zero-order valence-electron chi connectivity index (χ0n) is 12.8. The third-order valence-corrected chi connectivity index (χ3v) is 3.08. The van der Waals surface area contributed by atoms with Crippen molar-refractivity contribution in [2.24, 2.45) is 11.1 Å². The number of hydrogen-bond donors (Lipinski definition) is 1. The van der Waals surface area contributed by atoms with Crippen molar-refractivity contribution in [3.8, 4) is 0 Å². The maximum atomic E-state index is 5.81. The molecule has 0 saturated carbocycles. The van der Waals surface area contributed by atoms with Gasteiger partial charge in [0, 0.05) is 13.0 Å². The van der Waals surface area contributed by atoms with Crippen LogP contribution in [0.15, 0.2) is 4.52 Å². The molecule has 0 aromatic carbocycles. The number of nitrogens with two attached hydrogens (primary N) is 1. The molecule has 0 fully saturated rings. The Morgan fingerprint density at radius 2 is 2.00 bits per heavy atom. The molecule has 1 aromatic rings. The van der Waals surface area contributed by atoms with Gasteiger partial charge in [0.05, 0.1) is 6.54 Å². The van der Waals surface area contributed by atoms with Gasteiger partial charge < -0.3 is 10.3 Å². The molecule has 19 heavy (non-hydrogen) atoms. The molecule has 0 spiro atoms. The van der Waals surface area contributed by atoms with Gasteiger partial charge in [0.2, 0.25) is 5.89 Å². The number of nitrogens with zero attached hydrogens (tertiary/aromatic N) is 3. The van der Waals surface area contributed by atoms with Gasteiger partial charge in [0.15, 0.2) is 5.82 Å². The third-order valence-electron chi connectivity index (χ3n) is 3.08. The van der Waals surface area contributed by atoms with Gasteiger partial charge in [-0.05, 0) is 31.3 Å². The maximum Gasteiger partial charge on any atom is 0.226 e. The molecule has 0 aliphatic heterocycles. The van der Waals surface area contributed by atoms with Crippen LogP contribution >= 0.6 is 0 Å². The Morgan fingerprint density at radius 3 is 2.58 bits per heavy atom. The Morgan fingerprint density at radius 1 is 1.26 bits per heavy atom. The molecular formula is C14H28N4O. The second-order valence-electron chi connectivity index (χ2n) is 5.93. The zero-order valence-corrected chi connectivity index (χ0v) is 12.8. The molecule has 0 unspecified atom stereocenters. The first-order valence-electron chi connectivity index (χ1n) is 7.24. The minimum Gasteiger partial charge on any atom is -0.339 e. The fraction of sp³-hybridized carbons (Fsp3) is 0.857. The van der Waals surface area contributed by atoms with Crippen molar-refractivity contribution in [2.45, 2.75) is 53.5 Å². The van der Waals surface area contributed by atoms with E-state index in [2.05, 4.69) is 42.7 Å². The number of aryl methyl sites for hydroxylation is 1. The van der Waals surface area contributed by atoms with Gasteiger partial charge in [-0.25, -0.2) is 0 Å². The Kier molecular flexibility index (Phi) is 6.45. The molecule has 1 rings (SSSR count).